The van der Waals surface area contributed by atoms with E-state index >= 15 is 0 Å². The van der Waals surface area contributed by atoms with Crippen LogP contribution in [0.4, 0.5) is 5.00 Å². The van der Waals surface area contributed by atoms with E-state index in [9.17, 15) is 9.59 Å². The van der Waals surface area contributed by atoms with Crippen molar-refractivity contribution in [2.75, 3.05) is 5.32 Å². The van der Waals surface area contributed by atoms with Gasteiger partial charge in [-0.2, -0.15) is 0 Å². The van der Waals surface area contributed by atoms with Crippen molar-refractivity contribution in [2.45, 2.75) is 32.6 Å². The quantitative estimate of drug-likeness (QED) is 0.667. The molecule has 6 heteroatoms. The Bertz CT molecular complexity index is 855. The minimum Gasteiger partial charge on any atom is -0.365 e. The monoisotopic (exact) mass is 432 g/mol. The molecule has 0 saturated heterocycles. The molecule has 1 aliphatic rings. The van der Waals surface area contributed by atoms with Crippen LogP contribution in [0.25, 0.3) is 6.08 Å². The highest BCUT2D eigenvalue weighted by molar-refractivity contribution is 9.10. The van der Waals surface area contributed by atoms with E-state index in [0.717, 1.165) is 41.3 Å². The van der Waals surface area contributed by atoms with Crippen molar-refractivity contribution in [2.24, 2.45) is 11.7 Å². The van der Waals surface area contributed by atoms with E-state index in [1.807, 2.05) is 24.3 Å². The summed E-state index contributed by atoms with van der Waals surface area (Å²) in [5.74, 6) is -0.0894. The van der Waals surface area contributed by atoms with Crippen LogP contribution in [0.15, 0.2) is 34.8 Å². The first-order valence-electron chi connectivity index (χ1n) is 8.67. The Morgan fingerprint density at radius 2 is 2.08 bits per heavy atom. The number of hydrogen-bond acceptors (Lipinski definition) is 3. The zero-order chi connectivity index (χ0) is 18.7. The van der Waals surface area contributed by atoms with Crippen molar-refractivity contribution in [3.63, 3.8) is 0 Å². The molecule has 4 nitrogen and oxygen atoms in total. The Labute approximate surface area is 165 Å². The van der Waals surface area contributed by atoms with E-state index in [-0.39, 0.29) is 5.91 Å². The van der Waals surface area contributed by atoms with Crippen LogP contribution in [0.5, 0.6) is 0 Å². The van der Waals surface area contributed by atoms with Crippen molar-refractivity contribution in [3.05, 3.63) is 56.4 Å². The number of carbonyl (C=O) groups excluding carboxylic acids is 2. The molecular weight excluding hydrogens is 412 g/mol. The number of benzene rings is 1. The molecular formula is C20H21BrN2O2S. The number of primary amides is 1. The van der Waals surface area contributed by atoms with Crippen molar-refractivity contribution in [3.8, 4) is 0 Å². The van der Waals surface area contributed by atoms with Crippen LogP contribution in [0, 0.1) is 5.92 Å². The molecule has 136 valence electrons. The Morgan fingerprint density at radius 3 is 2.73 bits per heavy atom. The minimum atomic E-state index is -0.468. The molecule has 0 radical (unpaired) electrons. The van der Waals surface area contributed by atoms with E-state index in [1.165, 1.54) is 22.3 Å². The van der Waals surface area contributed by atoms with Gasteiger partial charge < -0.3 is 11.1 Å². The largest absolute Gasteiger partial charge is 0.365 e. The van der Waals surface area contributed by atoms with E-state index in [1.54, 1.807) is 6.08 Å². The molecule has 1 heterocycles. The average Bonchev–Trinajstić information content (AvgIpc) is 2.98. The van der Waals surface area contributed by atoms with Gasteiger partial charge in [-0.3, -0.25) is 9.59 Å². The van der Waals surface area contributed by atoms with Crippen molar-refractivity contribution < 1.29 is 9.59 Å². The number of halogens is 1. The molecule has 26 heavy (non-hydrogen) atoms. The van der Waals surface area contributed by atoms with Gasteiger partial charge in [0.25, 0.3) is 5.91 Å². The van der Waals surface area contributed by atoms with Crippen molar-refractivity contribution in [1.29, 1.82) is 0 Å². The SMILES string of the molecule is CCC1CCc2c(sc(NC(=O)C=Cc3ccc(Br)cc3)c2C(N)=O)C1. The molecule has 2 aromatic rings. The molecule has 1 aliphatic carbocycles. The molecule has 1 aromatic heterocycles. The summed E-state index contributed by atoms with van der Waals surface area (Å²) in [6, 6.07) is 7.66. The molecule has 0 fully saturated rings. The standard InChI is InChI=1S/C20H21BrN2O2S/c1-2-12-5-9-15-16(11-12)26-20(18(15)19(22)25)23-17(24)10-6-13-3-7-14(21)8-4-13/h3-4,6-8,10,12H,2,5,9,11H2,1H3,(H2,22,25)(H,23,24). The fourth-order valence-corrected chi connectivity index (χ4v) is 4.89. The van der Waals surface area contributed by atoms with Gasteiger partial charge in [-0.15, -0.1) is 11.3 Å². The maximum atomic E-state index is 12.3. The summed E-state index contributed by atoms with van der Waals surface area (Å²) in [6.45, 7) is 2.19. The van der Waals surface area contributed by atoms with Gasteiger partial charge in [0.2, 0.25) is 5.91 Å². The molecule has 2 amide bonds. The Kier molecular flexibility index (Phi) is 5.94. The lowest BCUT2D eigenvalue weighted by atomic mass is 9.85. The van der Waals surface area contributed by atoms with Crippen LogP contribution < -0.4 is 11.1 Å². The lowest BCUT2D eigenvalue weighted by molar-refractivity contribution is -0.111. The van der Waals surface area contributed by atoms with Crippen LogP contribution in [0.3, 0.4) is 0 Å². The number of amides is 2. The molecule has 0 saturated carbocycles. The fraction of sp³-hybridized carbons (Fsp3) is 0.300. The van der Waals surface area contributed by atoms with Gasteiger partial charge in [-0.1, -0.05) is 41.4 Å². The zero-order valence-electron chi connectivity index (χ0n) is 14.5. The molecule has 3 N–H and O–H groups in total. The predicted molar refractivity (Wildman–Crippen MR) is 110 cm³/mol. The van der Waals surface area contributed by atoms with Crippen molar-refractivity contribution >= 4 is 50.2 Å². The molecule has 0 aliphatic heterocycles. The minimum absolute atomic E-state index is 0.263. The Balaban J connectivity index is 1.78. The smallest absolute Gasteiger partial charge is 0.251 e. The summed E-state index contributed by atoms with van der Waals surface area (Å²) in [7, 11) is 0. The third kappa shape index (κ3) is 4.24. The lowest BCUT2D eigenvalue weighted by Gasteiger charge is -2.20. The molecule has 1 aromatic carbocycles. The number of nitrogens with two attached hydrogens (primary N) is 1. The first kappa shape index (κ1) is 18.9. The van der Waals surface area contributed by atoms with Crippen LogP contribution >= 0.6 is 27.3 Å². The van der Waals surface area contributed by atoms with E-state index in [0.29, 0.717) is 16.5 Å². The van der Waals surface area contributed by atoms with Gasteiger partial charge in [0.1, 0.15) is 5.00 Å². The van der Waals surface area contributed by atoms with Gasteiger partial charge in [0.05, 0.1) is 5.56 Å². The van der Waals surface area contributed by atoms with Gasteiger partial charge in [0.15, 0.2) is 0 Å². The summed E-state index contributed by atoms with van der Waals surface area (Å²) in [6.07, 6.45) is 7.22. The van der Waals surface area contributed by atoms with Gasteiger partial charge in [-0.25, -0.2) is 0 Å². The second-order valence-corrected chi connectivity index (χ2v) is 8.48. The summed E-state index contributed by atoms with van der Waals surface area (Å²) >= 11 is 4.87. The number of hydrogen-bond donors (Lipinski definition) is 2. The predicted octanol–water partition coefficient (Wildman–Crippen LogP) is 4.78. The summed E-state index contributed by atoms with van der Waals surface area (Å²) < 4.78 is 0.986. The maximum absolute atomic E-state index is 12.3. The number of fused-ring (bicyclic) bond motifs is 1. The number of rotatable bonds is 5. The van der Waals surface area contributed by atoms with E-state index < -0.39 is 5.91 Å². The molecule has 0 bridgehead atoms. The summed E-state index contributed by atoms with van der Waals surface area (Å²) in [4.78, 5) is 25.4. The normalized spacial score (nSPS) is 16.5. The number of nitrogens with one attached hydrogen (secondary N) is 1. The third-order valence-corrected chi connectivity index (χ3v) is 6.42. The first-order valence-corrected chi connectivity index (χ1v) is 10.3. The van der Waals surface area contributed by atoms with Crippen LogP contribution in [0.2, 0.25) is 0 Å². The highest BCUT2D eigenvalue weighted by Gasteiger charge is 2.27. The van der Waals surface area contributed by atoms with Crippen LogP contribution in [-0.4, -0.2) is 11.8 Å². The van der Waals surface area contributed by atoms with Gasteiger partial charge in [0, 0.05) is 15.4 Å². The number of carbonyl (C=O) groups is 2. The molecule has 0 spiro atoms. The Morgan fingerprint density at radius 1 is 1.35 bits per heavy atom. The first-order chi connectivity index (χ1) is 12.5. The number of thiophene rings is 1. The van der Waals surface area contributed by atoms with Crippen LogP contribution in [0.1, 0.15) is 46.1 Å². The van der Waals surface area contributed by atoms with Gasteiger partial charge in [-0.05, 0) is 54.5 Å². The summed E-state index contributed by atoms with van der Waals surface area (Å²) in [5.41, 5.74) is 8.04. The zero-order valence-corrected chi connectivity index (χ0v) is 17.0. The highest BCUT2D eigenvalue weighted by Crippen LogP contribution is 2.40. The second kappa shape index (κ2) is 8.18. The molecule has 1 atom stereocenters. The maximum Gasteiger partial charge on any atom is 0.251 e. The molecule has 1 unspecified atom stereocenters. The van der Waals surface area contributed by atoms with Gasteiger partial charge >= 0.3 is 0 Å². The summed E-state index contributed by atoms with van der Waals surface area (Å²) in [5, 5.41) is 3.42. The average molecular weight is 433 g/mol. The third-order valence-electron chi connectivity index (χ3n) is 4.72. The Hall–Kier alpha value is -1.92. The fourth-order valence-electron chi connectivity index (χ4n) is 3.25. The van der Waals surface area contributed by atoms with E-state index in [2.05, 4.69) is 28.2 Å². The number of anilines is 1. The topological polar surface area (TPSA) is 72.2 Å². The van der Waals surface area contributed by atoms with Crippen LogP contribution in [-0.2, 0) is 17.6 Å². The lowest BCUT2D eigenvalue weighted by Crippen LogP contribution is -2.19. The molecule has 3 rings (SSSR count). The van der Waals surface area contributed by atoms with Crippen molar-refractivity contribution in [1.82, 2.24) is 0 Å². The second-order valence-electron chi connectivity index (χ2n) is 6.46. The van der Waals surface area contributed by atoms with E-state index in [4.69, 9.17) is 5.73 Å². The highest BCUT2D eigenvalue weighted by atomic mass is 79.9.